The van der Waals surface area contributed by atoms with Crippen molar-refractivity contribution in [2.24, 2.45) is 4.99 Å². The lowest BCUT2D eigenvalue weighted by atomic mass is 10.2. The van der Waals surface area contributed by atoms with Crippen molar-refractivity contribution in [1.29, 1.82) is 0 Å². The van der Waals surface area contributed by atoms with Crippen LogP contribution in [-0.2, 0) is 6.54 Å². The van der Waals surface area contributed by atoms with Crippen molar-refractivity contribution in [3.63, 3.8) is 0 Å². The maximum Gasteiger partial charge on any atom is 0.193 e. The molecule has 0 amide bonds. The average molecular weight is 371 g/mol. The van der Waals surface area contributed by atoms with E-state index in [9.17, 15) is 0 Å². The zero-order valence-corrected chi connectivity index (χ0v) is 16.2. The summed E-state index contributed by atoms with van der Waals surface area (Å²) in [7, 11) is 3.56. The Morgan fingerprint density at radius 2 is 1.93 bits per heavy atom. The van der Waals surface area contributed by atoms with Gasteiger partial charge in [0.05, 0.1) is 7.11 Å². The minimum atomic E-state index is 0.902. The molecule has 0 atom stereocenters. The van der Waals surface area contributed by atoms with E-state index >= 15 is 0 Å². The van der Waals surface area contributed by atoms with Crippen LogP contribution in [0.1, 0.15) is 12.8 Å². The number of guanidine groups is 1. The number of methoxy groups -OCH3 is 1. The highest BCUT2D eigenvalue weighted by Gasteiger charge is 2.19. The number of hydrogen-bond acceptors (Lipinski definition) is 5. The van der Waals surface area contributed by atoms with E-state index in [2.05, 4.69) is 42.4 Å². The summed E-state index contributed by atoms with van der Waals surface area (Å²) < 4.78 is 7.34. The number of anilines is 1. The number of piperazine rings is 1. The van der Waals surface area contributed by atoms with Gasteiger partial charge in [0, 0.05) is 58.1 Å². The van der Waals surface area contributed by atoms with Gasteiger partial charge in [0.15, 0.2) is 5.96 Å². The van der Waals surface area contributed by atoms with Gasteiger partial charge in [-0.2, -0.15) is 0 Å². The van der Waals surface area contributed by atoms with Crippen molar-refractivity contribution in [3.8, 4) is 5.75 Å². The van der Waals surface area contributed by atoms with Gasteiger partial charge in [0.1, 0.15) is 18.4 Å². The molecule has 2 heterocycles. The van der Waals surface area contributed by atoms with Crippen molar-refractivity contribution in [2.45, 2.75) is 19.4 Å². The number of nitrogens with one attached hydrogen (secondary N) is 1. The van der Waals surface area contributed by atoms with Gasteiger partial charge >= 0.3 is 0 Å². The maximum absolute atomic E-state index is 5.34. The first-order valence-electron chi connectivity index (χ1n) is 9.47. The number of nitrogens with zero attached hydrogens (tertiary/aromatic N) is 6. The molecule has 146 valence electrons. The number of hydrogen-bond donors (Lipinski definition) is 1. The second kappa shape index (κ2) is 9.80. The van der Waals surface area contributed by atoms with Gasteiger partial charge in [-0.1, -0.05) is 6.07 Å². The summed E-state index contributed by atoms with van der Waals surface area (Å²) >= 11 is 0. The summed E-state index contributed by atoms with van der Waals surface area (Å²) in [5.41, 5.74) is 1.21. The smallest absolute Gasteiger partial charge is 0.193 e. The zero-order chi connectivity index (χ0) is 18.9. The molecule has 0 unspecified atom stereocenters. The minimum Gasteiger partial charge on any atom is -0.497 e. The van der Waals surface area contributed by atoms with E-state index in [1.165, 1.54) is 5.69 Å². The second-order valence-electron chi connectivity index (χ2n) is 6.56. The van der Waals surface area contributed by atoms with Crippen LogP contribution < -0.4 is 15.0 Å². The number of ether oxygens (including phenoxy) is 1. The molecule has 1 aliphatic heterocycles. The fraction of sp³-hybridized carbons (Fsp3) is 0.526. The molecular weight excluding hydrogens is 342 g/mol. The SMILES string of the molecule is CN=C(NCCCCn1cnnc1)N1CCN(c2cccc(OC)c2)CC1. The fourth-order valence-electron chi connectivity index (χ4n) is 3.27. The van der Waals surface area contributed by atoms with Crippen molar-refractivity contribution in [3.05, 3.63) is 36.9 Å². The van der Waals surface area contributed by atoms with Crippen LogP contribution in [0, 0.1) is 0 Å². The number of aryl methyl sites for hydroxylation is 1. The van der Waals surface area contributed by atoms with Gasteiger partial charge in [0.2, 0.25) is 0 Å². The van der Waals surface area contributed by atoms with E-state index in [1.807, 2.05) is 23.7 Å². The van der Waals surface area contributed by atoms with Crippen LogP contribution in [-0.4, -0.2) is 72.5 Å². The first-order chi connectivity index (χ1) is 13.3. The zero-order valence-electron chi connectivity index (χ0n) is 16.2. The molecule has 1 aromatic heterocycles. The lowest BCUT2D eigenvalue weighted by molar-refractivity contribution is 0.371. The third-order valence-corrected chi connectivity index (χ3v) is 4.80. The van der Waals surface area contributed by atoms with Crippen LogP contribution in [0.3, 0.4) is 0 Å². The van der Waals surface area contributed by atoms with E-state index in [4.69, 9.17) is 4.74 Å². The summed E-state index contributed by atoms with van der Waals surface area (Å²) in [6, 6.07) is 8.26. The molecule has 1 aromatic carbocycles. The van der Waals surface area contributed by atoms with E-state index in [-0.39, 0.29) is 0 Å². The van der Waals surface area contributed by atoms with Crippen LogP contribution in [0.15, 0.2) is 41.9 Å². The van der Waals surface area contributed by atoms with Gasteiger partial charge in [0.25, 0.3) is 0 Å². The molecule has 0 saturated carbocycles. The molecule has 8 heteroatoms. The molecule has 0 bridgehead atoms. The predicted octanol–water partition coefficient (Wildman–Crippen LogP) is 1.46. The standard InChI is InChI=1S/C19H29N7O/c1-20-19(21-8-3-4-9-24-15-22-23-16-24)26-12-10-25(11-13-26)17-6-5-7-18(14-17)27-2/h5-7,14-16H,3-4,8-13H2,1-2H3,(H,20,21). The Labute approximate surface area is 160 Å². The largest absolute Gasteiger partial charge is 0.497 e. The summed E-state index contributed by atoms with van der Waals surface area (Å²) in [6.07, 6.45) is 5.69. The molecule has 1 N–H and O–H groups in total. The van der Waals surface area contributed by atoms with Crippen LogP contribution in [0.4, 0.5) is 5.69 Å². The van der Waals surface area contributed by atoms with Crippen LogP contribution in [0.25, 0.3) is 0 Å². The molecule has 1 saturated heterocycles. The topological polar surface area (TPSA) is 70.8 Å². The lowest BCUT2D eigenvalue weighted by Crippen LogP contribution is -2.52. The molecule has 1 aliphatic rings. The van der Waals surface area contributed by atoms with Crippen LogP contribution >= 0.6 is 0 Å². The Hall–Kier alpha value is -2.77. The van der Waals surface area contributed by atoms with Crippen molar-refractivity contribution >= 4 is 11.6 Å². The molecule has 0 radical (unpaired) electrons. The molecule has 8 nitrogen and oxygen atoms in total. The predicted molar refractivity (Wildman–Crippen MR) is 107 cm³/mol. The Morgan fingerprint density at radius 1 is 1.15 bits per heavy atom. The van der Waals surface area contributed by atoms with Crippen LogP contribution in [0.5, 0.6) is 5.75 Å². The van der Waals surface area contributed by atoms with E-state index < -0.39 is 0 Å². The monoisotopic (exact) mass is 371 g/mol. The van der Waals surface area contributed by atoms with E-state index in [0.29, 0.717) is 0 Å². The van der Waals surface area contributed by atoms with Crippen molar-refractivity contribution in [1.82, 2.24) is 25.0 Å². The van der Waals surface area contributed by atoms with Crippen molar-refractivity contribution < 1.29 is 4.74 Å². The minimum absolute atomic E-state index is 0.902. The summed E-state index contributed by atoms with van der Waals surface area (Å²) in [5, 5.41) is 11.1. The lowest BCUT2D eigenvalue weighted by Gasteiger charge is -2.37. The molecule has 0 aliphatic carbocycles. The quantitative estimate of drug-likeness (QED) is 0.451. The third kappa shape index (κ3) is 5.35. The van der Waals surface area contributed by atoms with Gasteiger partial charge in [-0.25, -0.2) is 0 Å². The Morgan fingerprint density at radius 3 is 2.63 bits per heavy atom. The number of rotatable bonds is 7. The molecule has 0 spiro atoms. The average Bonchev–Trinajstić information content (AvgIpc) is 3.24. The first kappa shape index (κ1) is 19.0. The highest BCUT2D eigenvalue weighted by Crippen LogP contribution is 2.22. The first-order valence-corrected chi connectivity index (χ1v) is 9.47. The summed E-state index contributed by atoms with van der Waals surface area (Å²) in [4.78, 5) is 9.18. The third-order valence-electron chi connectivity index (χ3n) is 4.80. The van der Waals surface area contributed by atoms with E-state index in [0.717, 1.165) is 63.8 Å². The molecule has 1 fully saturated rings. The second-order valence-corrected chi connectivity index (χ2v) is 6.56. The van der Waals surface area contributed by atoms with Gasteiger partial charge in [-0.15, -0.1) is 10.2 Å². The molecule has 2 aromatic rings. The molecule has 27 heavy (non-hydrogen) atoms. The number of aromatic nitrogens is 3. The number of benzene rings is 1. The Kier molecular flexibility index (Phi) is 6.90. The number of aliphatic imine (C=N–C) groups is 1. The van der Waals surface area contributed by atoms with Gasteiger partial charge in [-0.05, 0) is 25.0 Å². The fourth-order valence-corrected chi connectivity index (χ4v) is 3.27. The summed E-state index contributed by atoms with van der Waals surface area (Å²) in [6.45, 7) is 5.73. The van der Waals surface area contributed by atoms with E-state index in [1.54, 1.807) is 19.8 Å². The highest BCUT2D eigenvalue weighted by molar-refractivity contribution is 5.80. The normalized spacial score (nSPS) is 15.1. The molecule has 3 rings (SSSR count). The van der Waals surface area contributed by atoms with Gasteiger partial charge < -0.3 is 24.4 Å². The van der Waals surface area contributed by atoms with Gasteiger partial charge in [-0.3, -0.25) is 4.99 Å². The van der Waals surface area contributed by atoms with Crippen LogP contribution in [0.2, 0.25) is 0 Å². The van der Waals surface area contributed by atoms with Crippen molar-refractivity contribution in [2.75, 3.05) is 51.8 Å². The maximum atomic E-state index is 5.34. The highest BCUT2D eigenvalue weighted by atomic mass is 16.5. The molecular formula is C19H29N7O. The summed E-state index contributed by atoms with van der Waals surface area (Å²) in [5.74, 6) is 1.89. The Bertz CT molecular complexity index is 709. The number of unbranched alkanes of at least 4 members (excludes halogenated alkanes) is 1. The Balaban J connectivity index is 1.40.